The lowest BCUT2D eigenvalue weighted by molar-refractivity contribution is -0.126. The van der Waals surface area contributed by atoms with Crippen LogP contribution in [0.2, 0.25) is 0 Å². The molecule has 0 bridgehead atoms. The number of nitrogens with zero attached hydrogens (tertiary/aromatic N) is 2. The maximum Gasteiger partial charge on any atom is 0.254 e. The highest BCUT2D eigenvalue weighted by atomic mass is 32.2. The first kappa shape index (κ1) is 24.6. The molecule has 0 radical (unpaired) electrons. The van der Waals surface area contributed by atoms with Crippen molar-refractivity contribution in [1.29, 1.82) is 5.26 Å². The van der Waals surface area contributed by atoms with Gasteiger partial charge in [-0.05, 0) is 42.0 Å². The van der Waals surface area contributed by atoms with Crippen LogP contribution >= 0.6 is 11.8 Å². The van der Waals surface area contributed by atoms with Gasteiger partial charge in [0, 0.05) is 48.0 Å². The van der Waals surface area contributed by atoms with Crippen molar-refractivity contribution in [2.24, 2.45) is 5.92 Å². The molecule has 180 valence electrons. The number of benzene rings is 3. The molecular formula is C28H29N3O3S. The molecule has 1 aliphatic rings. The first-order valence-corrected chi connectivity index (χ1v) is 13.0. The van der Waals surface area contributed by atoms with E-state index in [2.05, 4.69) is 11.4 Å². The van der Waals surface area contributed by atoms with Crippen LogP contribution in [-0.4, -0.2) is 49.2 Å². The van der Waals surface area contributed by atoms with Gasteiger partial charge in [0.2, 0.25) is 5.91 Å². The van der Waals surface area contributed by atoms with Gasteiger partial charge in [-0.3, -0.25) is 9.59 Å². The second-order valence-corrected chi connectivity index (χ2v) is 9.65. The number of carbonyl (C=O) groups is 2. The maximum atomic E-state index is 13.3. The number of hydrogen-bond acceptors (Lipinski definition) is 5. The van der Waals surface area contributed by atoms with Gasteiger partial charge in [0.05, 0.1) is 18.7 Å². The van der Waals surface area contributed by atoms with Crippen LogP contribution in [-0.2, 0) is 10.5 Å². The number of rotatable bonds is 8. The number of carbonyl (C=O) groups excluding carboxylic acids is 2. The van der Waals surface area contributed by atoms with Gasteiger partial charge in [0.25, 0.3) is 5.91 Å². The number of fused-ring (bicyclic) bond motifs is 1. The fourth-order valence-electron chi connectivity index (χ4n) is 4.48. The summed E-state index contributed by atoms with van der Waals surface area (Å²) in [5.74, 6) is 2.27. The second-order valence-electron chi connectivity index (χ2n) is 8.54. The molecule has 0 aliphatic carbocycles. The van der Waals surface area contributed by atoms with Crippen molar-refractivity contribution in [2.75, 3.05) is 32.5 Å². The number of likely N-dealkylation sites (tertiary alicyclic amines) is 1. The van der Waals surface area contributed by atoms with E-state index in [0.717, 1.165) is 33.6 Å². The van der Waals surface area contributed by atoms with Gasteiger partial charge >= 0.3 is 0 Å². The monoisotopic (exact) mass is 487 g/mol. The molecule has 1 heterocycles. The highest BCUT2D eigenvalue weighted by molar-refractivity contribution is 7.98. The van der Waals surface area contributed by atoms with Gasteiger partial charge < -0.3 is 15.0 Å². The molecule has 35 heavy (non-hydrogen) atoms. The van der Waals surface area contributed by atoms with Crippen LogP contribution in [0.1, 0.15) is 34.3 Å². The maximum absolute atomic E-state index is 13.3. The summed E-state index contributed by atoms with van der Waals surface area (Å²) in [4.78, 5) is 27.7. The van der Waals surface area contributed by atoms with Crippen molar-refractivity contribution < 1.29 is 14.3 Å². The van der Waals surface area contributed by atoms with Gasteiger partial charge in [0.15, 0.2) is 0 Å². The van der Waals surface area contributed by atoms with Gasteiger partial charge in [-0.1, -0.05) is 42.5 Å². The fourth-order valence-corrected chi connectivity index (χ4v) is 5.34. The Kier molecular flexibility index (Phi) is 8.27. The Hall–Kier alpha value is -3.50. The van der Waals surface area contributed by atoms with Crippen LogP contribution in [0.3, 0.4) is 0 Å². The highest BCUT2D eigenvalue weighted by Gasteiger charge is 2.28. The van der Waals surface area contributed by atoms with Crippen molar-refractivity contribution in [3.05, 3.63) is 77.4 Å². The summed E-state index contributed by atoms with van der Waals surface area (Å²) in [6.07, 6.45) is 1.32. The third-order valence-electron chi connectivity index (χ3n) is 6.43. The van der Waals surface area contributed by atoms with E-state index in [1.807, 2.05) is 65.6 Å². The quantitative estimate of drug-likeness (QED) is 0.469. The lowest BCUT2D eigenvalue weighted by Gasteiger charge is -2.31. The minimum absolute atomic E-state index is 0.00300. The Morgan fingerprint density at radius 2 is 1.77 bits per heavy atom. The van der Waals surface area contributed by atoms with Crippen molar-refractivity contribution >= 4 is 34.3 Å². The molecule has 2 amide bonds. The molecule has 0 unspecified atom stereocenters. The molecule has 0 saturated carbocycles. The fraction of sp³-hybridized carbons (Fsp3) is 0.321. The summed E-state index contributed by atoms with van der Waals surface area (Å²) >= 11 is 1.70. The molecule has 1 aliphatic heterocycles. The molecule has 0 aromatic heterocycles. The molecule has 1 N–H and O–H groups in total. The average Bonchev–Trinajstić information content (AvgIpc) is 2.92. The zero-order chi connectivity index (χ0) is 24.6. The largest absolute Gasteiger partial charge is 0.496 e. The number of hydrogen-bond donors (Lipinski definition) is 1. The summed E-state index contributed by atoms with van der Waals surface area (Å²) in [5, 5.41) is 14.0. The molecular weight excluding hydrogens is 458 g/mol. The summed E-state index contributed by atoms with van der Waals surface area (Å²) in [6, 6.07) is 21.3. The Balaban J connectivity index is 1.24. The van der Waals surface area contributed by atoms with Crippen molar-refractivity contribution in [1.82, 2.24) is 10.2 Å². The summed E-state index contributed by atoms with van der Waals surface area (Å²) in [5.41, 5.74) is 2.39. The predicted octanol–water partition coefficient (Wildman–Crippen LogP) is 4.62. The minimum Gasteiger partial charge on any atom is -0.496 e. The molecule has 1 fully saturated rings. The third-order valence-corrected chi connectivity index (χ3v) is 7.44. The van der Waals surface area contributed by atoms with Gasteiger partial charge in [-0.15, -0.1) is 0 Å². The van der Waals surface area contributed by atoms with Gasteiger partial charge in [0.1, 0.15) is 5.75 Å². The molecule has 7 heteroatoms. The first-order chi connectivity index (χ1) is 17.1. The van der Waals surface area contributed by atoms with E-state index < -0.39 is 0 Å². The molecule has 0 atom stereocenters. The number of ether oxygens (including phenoxy) is 1. The highest BCUT2D eigenvalue weighted by Crippen LogP contribution is 2.30. The zero-order valence-electron chi connectivity index (χ0n) is 19.8. The van der Waals surface area contributed by atoms with Crippen molar-refractivity contribution in [2.45, 2.75) is 18.6 Å². The normalized spacial score (nSPS) is 13.9. The number of nitriles is 1. The van der Waals surface area contributed by atoms with E-state index in [4.69, 9.17) is 4.74 Å². The van der Waals surface area contributed by atoms with E-state index in [9.17, 15) is 14.9 Å². The van der Waals surface area contributed by atoms with Gasteiger partial charge in [-0.25, -0.2) is 0 Å². The standard InChI is InChI=1S/C28H29N3O3S/c1-34-26-11-10-25(23-8-4-5-9-24(23)26)28(33)31-15-12-20(13-16-31)27(32)30-14-17-35-19-22-7-3-2-6-21(22)18-29/h2-11,20H,12-17,19H2,1H3,(H,30,32). The Labute approximate surface area is 210 Å². The van der Waals surface area contributed by atoms with Gasteiger partial charge in [-0.2, -0.15) is 17.0 Å². The Morgan fingerprint density at radius 3 is 2.51 bits per heavy atom. The topological polar surface area (TPSA) is 82.4 Å². The SMILES string of the molecule is COc1ccc(C(=O)N2CCC(C(=O)NCCSCc3ccccc3C#N)CC2)c2ccccc12. The molecule has 3 aromatic carbocycles. The number of thioether (sulfide) groups is 1. The van der Waals surface area contributed by atoms with Crippen molar-refractivity contribution in [3.63, 3.8) is 0 Å². The summed E-state index contributed by atoms with van der Waals surface area (Å²) in [6.45, 7) is 1.73. The molecule has 0 spiro atoms. The van der Waals surface area contributed by atoms with Crippen LogP contribution < -0.4 is 10.1 Å². The molecule has 3 aromatic rings. The minimum atomic E-state index is -0.0732. The molecule has 4 rings (SSSR count). The summed E-state index contributed by atoms with van der Waals surface area (Å²) < 4.78 is 5.44. The molecule has 1 saturated heterocycles. The van der Waals surface area contributed by atoms with Crippen LogP contribution in [0.4, 0.5) is 0 Å². The number of amides is 2. The predicted molar refractivity (Wildman–Crippen MR) is 139 cm³/mol. The van der Waals surface area contributed by atoms with Crippen LogP contribution in [0.15, 0.2) is 60.7 Å². The number of nitrogens with one attached hydrogen (secondary N) is 1. The third kappa shape index (κ3) is 5.77. The van der Waals surface area contributed by atoms with Crippen molar-refractivity contribution in [3.8, 4) is 11.8 Å². The number of piperidine rings is 1. The van der Waals surface area contributed by atoms with E-state index >= 15 is 0 Å². The van der Waals surface area contributed by atoms with Crippen LogP contribution in [0.5, 0.6) is 5.75 Å². The van der Waals surface area contributed by atoms with E-state index in [1.54, 1.807) is 18.9 Å². The zero-order valence-corrected chi connectivity index (χ0v) is 20.6. The average molecular weight is 488 g/mol. The smallest absolute Gasteiger partial charge is 0.254 e. The Morgan fingerprint density at radius 1 is 1.06 bits per heavy atom. The lowest BCUT2D eigenvalue weighted by atomic mass is 9.94. The van der Waals surface area contributed by atoms with Crippen LogP contribution in [0.25, 0.3) is 10.8 Å². The van der Waals surface area contributed by atoms with Crippen LogP contribution in [0, 0.1) is 17.2 Å². The van der Waals surface area contributed by atoms with E-state index in [-0.39, 0.29) is 17.7 Å². The molecule has 6 nitrogen and oxygen atoms in total. The van der Waals surface area contributed by atoms with E-state index in [1.165, 1.54) is 0 Å². The first-order valence-electron chi connectivity index (χ1n) is 11.8. The van der Waals surface area contributed by atoms with E-state index in [0.29, 0.717) is 43.6 Å². The number of methoxy groups -OCH3 is 1. The lowest BCUT2D eigenvalue weighted by Crippen LogP contribution is -2.43. The summed E-state index contributed by atoms with van der Waals surface area (Å²) in [7, 11) is 1.63. The Bertz CT molecular complexity index is 1250. The second kappa shape index (κ2) is 11.8.